The summed E-state index contributed by atoms with van der Waals surface area (Å²) >= 11 is 0. The van der Waals surface area contributed by atoms with Gasteiger partial charge in [-0.3, -0.25) is 0 Å². The van der Waals surface area contributed by atoms with Gasteiger partial charge in [0.05, 0.1) is 16.7 Å². The predicted octanol–water partition coefficient (Wildman–Crippen LogP) is 2.98. The molecule has 1 aromatic carbocycles. The van der Waals surface area contributed by atoms with Crippen molar-refractivity contribution in [1.29, 1.82) is 0 Å². The second-order valence-electron chi connectivity index (χ2n) is 7.58. The number of ether oxygens (including phenoxy) is 1. The van der Waals surface area contributed by atoms with Gasteiger partial charge in [-0.2, -0.15) is 4.68 Å². The first kappa shape index (κ1) is 17.9. The van der Waals surface area contributed by atoms with E-state index >= 15 is 0 Å². The van der Waals surface area contributed by atoms with Gasteiger partial charge in [0.25, 0.3) is 0 Å². The lowest BCUT2D eigenvalue weighted by Gasteiger charge is -2.08. The first-order valence-corrected chi connectivity index (χ1v) is 9.74. The molecule has 3 heterocycles. The average molecular weight is 389 g/mol. The van der Waals surface area contributed by atoms with E-state index in [1.54, 1.807) is 11.8 Å². The lowest BCUT2D eigenvalue weighted by Crippen LogP contribution is -2.09. The predicted molar refractivity (Wildman–Crippen MR) is 108 cm³/mol. The number of aromatic nitrogens is 7. The van der Waals surface area contributed by atoms with E-state index in [4.69, 9.17) is 14.7 Å². The molecule has 1 saturated carbocycles. The zero-order valence-electron chi connectivity index (χ0n) is 17.0. The molecule has 0 amide bonds. The van der Waals surface area contributed by atoms with Crippen molar-refractivity contribution in [2.75, 3.05) is 7.11 Å². The molecule has 0 spiro atoms. The normalized spacial score (nSPS) is 18.5. The van der Waals surface area contributed by atoms with Crippen molar-refractivity contribution in [2.45, 2.75) is 38.7 Å². The van der Waals surface area contributed by atoms with Crippen LogP contribution in [0.4, 0.5) is 0 Å². The second-order valence-corrected chi connectivity index (χ2v) is 7.58. The van der Waals surface area contributed by atoms with Crippen LogP contribution in [0.25, 0.3) is 16.9 Å². The summed E-state index contributed by atoms with van der Waals surface area (Å²) in [5.41, 5.74) is 3.23. The molecule has 3 aromatic heterocycles. The number of rotatable bonds is 5. The lowest BCUT2D eigenvalue weighted by atomic mass is 10.2. The molecule has 0 radical (unpaired) electrons. The lowest BCUT2D eigenvalue weighted by molar-refractivity contribution is 0.175. The summed E-state index contributed by atoms with van der Waals surface area (Å²) in [6.45, 7) is 4.16. The van der Waals surface area contributed by atoms with Gasteiger partial charge in [-0.15, -0.1) is 5.10 Å². The van der Waals surface area contributed by atoms with Crippen molar-refractivity contribution in [2.24, 2.45) is 7.05 Å². The van der Waals surface area contributed by atoms with Crippen molar-refractivity contribution in [1.82, 2.24) is 34.3 Å². The first-order chi connectivity index (χ1) is 14.0. The van der Waals surface area contributed by atoms with Crippen molar-refractivity contribution in [3.63, 3.8) is 0 Å². The van der Waals surface area contributed by atoms with Crippen LogP contribution in [0, 0.1) is 13.8 Å². The number of methoxy groups -OCH3 is 1. The molecular weight excluding hydrogens is 366 g/mol. The van der Waals surface area contributed by atoms with E-state index in [0.717, 1.165) is 46.4 Å². The highest BCUT2D eigenvalue weighted by Crippen LogP contribution is 2.54. The summed E-state index contributed by atoms with van der Waals surface area (Å²) in [5.74, 6) is 4.70. The number of fused-ring (bicyclic) bond motifs is 1. The van der Waals surface area contributed by atoms with E-state index in [1.165, 1.54) is 0 Å². The van der Waals surface area contributed by atoms with E-state index in [-0.39, 0.29) is 0 Å². The van der Waals surface area contributed by atoms with Crippen molar-refractivity contribution in [3.05, 3.63) is 59.3 Å². The van der Waals surface area contributed by atoms with Crippen LogP contribution < -0.4 is 0 Å². The van der Waals surface area contributed by atoms with Crippen LogP contribution in [0.15, 0.2) is 30.3 Å². The number of para-hydroxylation sites is 2. The Bertz CT molecular complexity index is 1210. The molecule has 0 N–H and O–H groups in total. The highest BCUT2D eigenvalue weighted by molar-refractivity contribution is 5.76. The topological polar surface area (TPSA) is 83.5 Å². The van der Waals surface area contributed by atoms with Crippen LogP contribution in [0.2, 0.25) is 0 Å². The van der Waals surface area contributed by atoms with Gasteiger partial charge < -0.3 is 9.30 Å². The average Bonchev–Trinajstić information content (AvgIpc) is 3.31. The maximum atomic E-state index is 5.26. The van der Waals surface area contributed by atoms with Crippen molar-refractivity contribution in [3.8, 4) is 5.82 Å². The quantitative estimate of drug-likeness (QED) is 0.522. The molecule has 4 aromatic rings. The summed E-state index contributed by atoms with van der Waals surface area (Å²) in [7, 11) is 3.74. The molecule has 0 aliphatic heterocycles. The number of nitrogens with zero attached hydrogens (tertiary/aromatic N) is 7. The third-order valence-corrected chi connectivity index (χ3v) is 5.44. The number of hydrogen-bond acceptors (Lipinski definition) is 6. The fourth-order valence-electron chi connectivity index (χ4n) is 4.04. The van der Waals surface area contributed by atoms with Crippen molar-refractivity contribution < 1.29 is 4.74 Å². The van der Waals surface area contributed by atoms with Crippen LogP contribution >= 0.6 is 0 Å². The van der Waals surface area contributed by atoms with Crippen LogP contribution in [0.3, 0.4) is 0 Å². The standard InChI is InChI=1S/C21H23N7O/c1-12-22-17(10-19(23-12)28-20(11-29-4)24-13(2)26-28)14-9-15(14)21-25-16-7-5-6-8-18(16)27(21)3/h5-8,10,14-15H,9,11H2,1-4H3/t14-,15?/m1/s1. The van der Waals surface area contributed by atoms with Crippen LogP contribution in [0.1, 0.15) is 47.2 Å². The molecule has 5 rings (SSSR count). The minimum Gasteiger partial charge on any atom is -0.377 e. The Balaban J connectivity index is 1.49. The fraction of sp³-hybridized carbons (Fsp3) is 0.381. The van der Waals surface area contributed by atoms with E-state index in [0.29, 0.717) is 24.3 Å². The Labute approximate surface area is 168 Å². The minimum absolute atomic E-state index is 0.335. The number of imidazole rings is 1. The van der Waals surface area contributed by atoms with E-state index < -0.39 is 0 Å². The summed E-state index contributed by atoms with van der Waals surface area (Å²) in [4.78, 5) is 18.6. The van der Waals surface area contributed by atoms with Gasteiger partial charge >= 0.3 is 0 Å². The van der Waals surface area contributed by atoms with Crippen LogP contribution in [-0.4, -0.2) is 41.4 Å². The molecule has 1 aliphatic carbocycles. The molecule has 1 unspecified atom stereocenters. The number of hydrogen-bond donors (Lipinski definition) is 0. The molecule has 8 nitrogen and oxygen atoms in total. The molecule has 8 heteroatoms. The highest BCUT2D eigenvalue weighted by Gasteiger charge is 2.44. The van der Waals surface area contributed by atoms with Gasteiger partial charge in [0.1, 0.15) is 24.1 Å². The molecule has 29 heavy (non-hydrogen) atoms. The molecule has 1 fully saturated rings. The summed E-state index contributed by atoms with van der Waals surface area (Å²) < 4.78 is 9.22. The molecule has 0 saturated heterocycles. The smallest absolute Gasteiger partial charge is 0.160 e. The molecule has 2 atom stereocenters. The Morgan fingerprint density at radius 3 is 2.66 bits per heavy atom. The largest absolute Gasteiger partial charge is 0.377 e. The second kappa shape index (κ2) is 6.73. The van der Waals surface area contributed by atoms with E-state index in [9.17, 15) is 0 Å². The molecular formula is C21H23N7O. The van der Waals surface area contributed by atoms with Gasteiger partial charge in [0, 0.05) is 32.1 Å². The Hall–Kier alpha value is -3.13. The SMILES string of the molecule is COCc1nc(C)nn1-c1cc([C@@H]2CC2c2nc3ccccc3n2C)nc(C)n1. The van der Waals surface area contributed by atoms with Gasteiger partial charge in [0.15, 0.2) is 11.6 Å². The Kier molecular flexibility index (Phi) is 4.16. The summed E-state index contributed by atoms with van der Waals surface area (Å²) in [5, 5.41) is 4.50. The zero-order valence-corrected chi connectivity index (χ0v) is 17.0. The fourth-order valence-corrected chi connectivity index (χ4v) is 4.04. The van der Waals surface area contributed by atoms with Gasteiger partial charge in [-0.05, 0) is 32.4 Å². The van der Waals surface area contributed by atoms with Crippen LogP contribution in [0.5, 0.6) is 0 Å². The molecule has 0 bridgehead atoms. The third kappa shape index (κ3) is 3.09. The zero-order chi connectivity index (χ0) is 20.1. The van der Waals surface area contributed by atoms with E-state index in [2.05, 4.69) is 44.9 Å². The monoisotopic (exact) mass is 389 g/mol. The Morgan fingerprint density at radius 2 is 1.86 bits per heavy atom. The van der Waals surface area contributed by atoms with Gasteiger partial charge in [0.2, 0.25) is 0 Å². The maximum absolute atomic E-state index is 5.26. The summed E-state index contributed by atoms with van der Waals surface area (Å²) in [6, 6.07) is 10.3. The van der Waals surface area contributed by atoms with Gasteiger partial charge in [-0.1, -0.05) is 12.1 Å². The Morgan fingerprint density at radius 1 is 1.03 bits per heavy atom. The first-order valence-electron chi connectivity index (χ1n) is 9.74. The third-order valence-electron chi connectivity index (χ3n) is 5.44. The molecule has 148 valence electrons. The highest BCUT2D eigenvalue weighted by atomic mass is 16.5. The maximum Gasteiger partial charge on any atom is 0.160 e. The molecule has 1 aliphatic rings. The number of aryl methyl sites for hydroxylation is 3. The van der Waals surface area contributed by atoms with E-state index in [1.807, 2.05) is 26.0 Å². The van der Waals surface area contributed by atoms with Gasteiger partial charge in [-0.25, -0.2) is 19.9 Å². The number of benzene rings is 1. The minimum atomic E-state index is 0.335. The van der Waals surface area contributed by atoms with Crippen molar-refractivity contribution >= 4 is 11.0 Å². The summed E-state index contributed by atoms with van der Waals surface area (Å²) in [6.07, 6.45) is 1.04. The van der Waals surface area contributed by atoms with Crippen LogP contribution in [-0.2, 0) is 18.4 Å².